The van der Waals surface area contributed by atoms with Gasteiger partial charge in [-0.1, -0.05) is 0 Å². The zero-order chi connectivity index (χ0) is 18.4. The van der Waals surface area contributed by atoms with Crippen molar-refractivity contribution < 1.29 is 18.7 Å². The second kappa shape index (κ2) is 6.03. The lowest BCUT2D eigenvalue weighted by molar-refractivity contribution is 0.1000. The molecule has 3 heterocycles. The molecular weight excluding hydrogens is 344 g/mol. The van der Waals surface area contributed by atoms with Crippen molar-refractivity contribution in [1.82, 2.24) is 15.2 Å². The van der Waals surface area contributed by atoms with Crippen molar-refractivity contribution in [1.29, 1.82) is 0 Å². The number of primary amides is 1. The average molecular weight is 359 g/mol. The molecule has 1 fully saturated rings. The van der Waals surface area contributed by atoms with Gasteiger partial charge < -0.3 is 15.7 Å². The number of hydrogen-bond donors (Lipinski definition) is 3. The summed E-state index contributed by atoms with van der Waals surface area (Å²) in [6.07, 6.45) is 0.814. The number of nitrogens with zero attached hydrogens (tertiary/aromatic N) is 3. The monoisotopic (exact) mass is 359 g/mol. The molecule has 0 spiro atoms. The summed E-state index contributed by atoms with van der Waals surface area (Å²) >= 11 is 0. The molecule has 4 N–H and O–H groups in total. The molecule has 0 unspecified atom stereocenters. The molecular formula is C17H15F2N5O2. The minimum Gasteiger partial charge on any atom is -0.391 e. The average Bonchev–Trinajstić information content (AvgIpc) is 3.19. The van der Waals surface area contributed by atoms with Gasteiger partial charge in [0.1, 0.15) is 11.6 Å². The Hall–Kier alpha value is -3.07. The van der Waals surface area contributed by atoms with E-state index in [1.807, 2.05) is 0 Å². The Morgan fingerprint density at radius 2 is 2.15 bits per heavy atom. The van der Waals surface area contributed by atoms with Gasteiger partial charge in [0.05, 0.1) is 23.1 Å². The fraction of sp³-hybridized carbons (Fsp3) is 0.235. The van der Waals surface area contributed by atoms with Gasteiger partial charge in [0.2, 0.25) is 5.91 Å². The molecule has 1 aliphatic heterocycles. The van der Waals surface area contributed by atoms with Crippen molar-refractivity contribution in [3.63, 3.8) is 0 Å². The van der Waals surface area contributed by atoms with E-state index < -0.39 is 29.7 Å². The number of H-pyrrole nitrogens is 1. The molecule has 0 bridgehead atoms. The number of carbonyl (C=O) groups is 1. The van der Waals surface area contributed by atoms with Crippen molar-refractivity contribution in [2.24, 2.45) is 5.73 Å². The van der Waals surface area contributed by atoms with E-state index >= 15 is 0 Å². The number of aromatic amines is 1. The first-order valence-electron chi connectivity index (χ1n) is 7.97. The Kier molecular flexibility index (Phi) is 3.80. The Morgan fingerprint density at radius 3 is 2.92 bits per heavy atom. The zero-order valence-corrected chi connectivity index (χ0v) is 13.5. The SMILES string of the molecule is NC(=O)c1cnc2[nH]nc(N3C[C@H](O)C[C@@H]3c3cc(F)ccc3F)c2c1. The summed E-state index contributed by atoms with van der Waals surface area (Å²) in [5, 5.41) is 17.6. The second-order valence-electron chi connectivity index (χ2n) is 6.26. The number of β-amino-alcohol motifs (C(OH)–C–C–N with tert-alkyl or cyclic N) is 1. The molecule has 134 valence electrons. The van der Waals surface area contributed by atoms with E-state index in [1.165, 1.54) is 12.3 Å². The number of halogens is 2. The molecule has 4 rings (SSSR count). The lowest BCUT2D eigenvalue weighted by Crippen LogP contribution is -2.25. The van der Waals surface area contributed by atoms with E-state index in [2.05, 4.69) is 15.2 Å². The Bertz CT molecular complexity index is 1010. The maximum Gasteiger partial charge on any atom is 0.250 e. The molecule has 3 aromatic rings. The predicted octanol–water partition coefficient (Wildman–Crippen LogP) is 1.65. The highest BCUT2D eigenvalue weighted by Gasteiger charge is 2.36. The van der Waals surface area contributed by atoms with Gasteiger partial charge >= 0.3 is 0 Å². The van der Waals surface area contributed by atoms with Gasteiger partial charge in [-0.05, 0) is 30.7 Å². The lowest BCUT2D eigenvalue weighted by atomic mass is 10.0. The van der Waals surface area contributed by atoms with Crippen molar-refractivity contribution in [3.8, 4) is 0 Å². The van der Waals surface area contributed by atoms with E-state index in [9.17, 15) is 18.7 Å². The van der Waals surface area contributed by atoms with Crippen LogP contribution in [0.3, 0.4) is 0 Å². The quantitative estimate of drug-likeness (QED) is 0.659. The summed E-state index contributed by atoms with van der Waals surface area (Å²) in [5.74, 6) is -1.37. The van der Waals surface area contributed by atoms with Crippen molar-refractivity contribution >= 4 is 22.8 Å². The third-order valence-corrected chi connectivity index (χ3v) is 4.55. The molecule has 1 aromatic carbocycles. The highest BCUT2D eigenvalue weighted by atomic mass is 19.1. The molecule has 7 nitrogen and oxygen atoms in total. The third-order valence-electron chi connectivity index (χ3n) is 4.55. The van der Waals surface area contributed by atoms with Gasteiger partial charge in [0.25, 0.3) is 0 Å². The summed E-state index contributed by atoms with van der Waals surface area (Å²) in [4.78, 5) is 17.2. The smallest absolute Gasteiger partial charge is 0.250 e. The van der Waals surface area contributed by atoms with E-state index in [-0.39, 0.29) is 24.1 Å². The first-order valence-corrected chi connectivity index (χ1v) is 7.97. The van der Waals surface area contributed by atoms with Gasteiger partial charge in [-0.2, -0.15) is 5.10 Å². The molecule has 9 heteroatoms. The van der Waals surface area contributed by atoms with E-state index in [0.29, 0.717) is 16.9 Å². The van der Waals surface area contributed by atoms with Crippen LogP contribution in [0.15, 0.2) is 30.5 Å². The number of nitrogens with one attached hydrogen (secondary N) is 1. The molecule has 1 aliphatic rings. The Labute approximate surface area is 146 Å². The van der Waals surface area contributed by atoms with E-state index in [4.69, 9.17) is 5.73 Å². The number of hydrogen-bond acceptors (Lipinski definition) is 5. The largest absolute Gasteiger partial charge is 0.391 e. The number of pyridine rings is 1. The fourth-order valence-corrected chi connectivity index (χ4v) is 3.36. The Balaban J connectivity index is 1.82. The summed E-state index contributed by atoms with van der Waals surface area (Å²) in [6.45, 7) is 0.182. The number of aliphatic hydroxyl groups is 1. The number of aromatic nitrogens is 3. The molecule has 1 amide bonds. The van der Waals surface area contributed by atoms with Crippen LogP contribution in [0.4, 0.5) is 14.6 Å². The van der Waals surface area contributed by atoms with Crippen molar-refractivity contribution in [2.45, 2.75) is 18.6 Å². The molecule has 2 atom stereocenters. The maximum atomic E-state index is 14.3. The van der Waals surface area contributed by atoms with E-state index in [0.717, 1.165) is 18.2 Å². The van der Waals surface area contributed by atoms with Crippen molar-refractivity contribution in [3.05, 3.63) is 53.2 Å². The first-order chi connectivity index (χ1) is 12.4. The van der Waals surface area contributed by atoms with Gasteiger partial charge in [-0.15, -0.1) is 0 Å². The van der Waals surface area contributed by atoms with Gasteiger partial charge in [-0.25, -0.2) is 13.8 Å². The molecule has 26 heavy (non-hydrogen) atoms. The van der Waals surface area contributed by atoms with Gasteiger partial charge in [-0.3, -0.25) is 9.89 Å². The standard InChI is InChI=1S/C17H15F2N5O2/c18-9-1-2-13(19)11(4-9)14-5-10(25)7-24(14)17-12-3-8(15(20)26)6-21-16(12)22-23-17/h1-4,6,10,14,25H,5,7H2,(H2,20,26)(H,21,22,23)/t10-,14-/m1/s1. The normalized spacial score (nSPS) is 20.0. The highest BCUT2D eigenvalue weighted by Crippen LogP contribution is 2.39. The molecule has 1 saturated heterocycles. The number of benzene rings is 1. The van der Waals surface area contributed by atoms with Crippen LogP contribution >= 0.6 is 0 Å². The van der Waals surface area contributed by atoms with Crippen LogP contribution in [0.5, 0.6) is 0 Å². The van der Waals surface area contributed by atoms with Crippen LogP contribution in [0, 0.1) is 11.6 Å². The van der Waals surface area contributed by atoms with E-state index in [1.54, 1.807) is 4.90 Å². The minimum absolute atomic E-state index is 0.136. The lowest BCUT2D eigenvalue weighted by Gasteiger charge is -2.25. The fourth-order valence-electron chi connectivity index (χ4n) is 3.36. The van der Waals surface area contributed by atoms with Gasteiger partial charge in [0.15, 0.2) is 11.5 Å². The molecule has 0 aliphatic carbocycles. The van der Waals surface area contributed by atoms with Crippen LogP contribution in [-0.4, -0.2) is 38.8 Å². The summed E-state index contributed by atoms with van der Waals surface area (Å²) in [5.41, 5.74) is 6.06. The second-order valence-corrected chi connectivity index (χ2v) is 6.26. The number of anilines is 1. The Morgan fingerprint density at radius 1 is 1.35 bits per heavy atom. The first kappa shape index (κ1) is 16.4. The van der Waals surface area contributed by atoms with Crippen LogP contribution in [0.2, 0.25) is 0 Å². The number of amides is 1. The van der Waals surface area contributed by atoms with Gasteiger partial charge in [0, 0.05) is 18.3 Å². The van der Waals surface area contributed by atoms with Crippen LogP contribution in [0.25, 0.3) is 11.0 Å². The number of fused-ring (bicyclic) bond motifs is 1. The minimum atomic E-state index is -0.735. The topological polar surface area (TPSA) is 108 Å². The molecule has 0 saturated carbocycles. The zero-order valence-electron chi connectivity index (χ0n) is 13.5. The predicted molar refractivity (Wildman–Crippen MR) is 89.5 cm³/mol. The van der Waals surface area contributed by atoms with Crippen LogP contribution < -0.4 is 10.6 Å². The number of rotatable bonds is 3. The number of nitrogens with two attached hydrogens (primary N) is 1. The molecule has 2 aromatic heterocycles. The third kappa shape index (κ3) is 2.66. The highest BCUT2D eigenvalue weighted by molar-refractivity contribution is 5.98. The number of carbonyl (C=O) groups excluding carboxylic acids is 1. The van der Waals surface area contributed by atoms with Crippen LogP contribution in [0.1, 0.15) is 28.4 Å². The summed E-state index contributed by atoms with van der Waals surface area (Å²) < 4.78 is 27.9. The summed E-state index contributed by atoms with van der Waals surface area (Å²) in [7, 11) is 0. The summed E-state index contributed by atoms with van der Waals surface area (Å²) in [6, 6.07) is 4.15. The van der Waals surface area contributed by atoms with Crippen LogP contribution in [-0.2, 0) is 0 Å². The maximum absolute atomic E-state index is 14.3. The number of aliphatic hydroxyl groups excluding tert-OH is 1. The molecule has 0 radical (unpaired) electrons. The van der Waals surface area contributed by atoms with Crippen molar-refractivity contribution in [2.75, 3.05) is 11.4 Å².